The third-order valence-corrected chi connectivity index (χ3v) is 4.46. The summed E-state index contributed by atoms with van der Waals surface area (Å²) in [5, 5.41) is 12.4. The molecule has 1 aromatic carbocycles. The summed E-state index contributed by atoms with van der Waals surface area (Å²) in [6.07, 6.45) is 1.88. The van der Waals surface area contributed by atoms with Gasteiger partial charge in [-0.2, -0.15) is 0 Å². The molecule has 108 valence electrons. The van der Waals surface area contributed by atoms with Crippen molar-refractivity contribution in [3.8, 4) is 0 Å². The molecule has 1 saturated heterocycles. The summed E-state index contributed by atoms with van der Waals surface area (Å²) in [6.45, 7) is 2.03. The van der Waals surface area contributed by atoms with Gasteiger partial charge in [0.1, 0.15) is 6.04 Å². The molecule has 5 nitrogen and oxygen atoms in total. The molecule has 6 heteroatoms. The molecule has 2 unspecified atom stereocenters. The standard InChI is InChI=1S/C14H18ClN3O2/c15-10-5-9-11(17-14(20)13(9)16)6-12(10)18-3-1-8(7-18)2-4-19/h5-6,8,13,19H,1-4,7,16H2,(H,17,20). The van der Waals surface area contributed by atoms with Crippen molar-refractivity contribution in [2.24, 2.45) is 11.7 Å². The van der Waals surface area contributed by atoms with E-state index in [1.165, 1.54) is 0 Å². The van der Waals surface area contributed by atoms with Crippen molar-refractivity contribution in [3.05, 3.63) is 22.7 Å². The minimum absolute atomic E-state index is 0.187. The summed E-state index contributed by atoms with van der Waals surface area (Å²) in [5.41, 5.74) is 8.26. The quantitative estimate of drug-likeness (QED) is 0.790. The van der Waals surface area contributed by atoms with Crippen LogP contribution in [0, 0.1) is 5.92 Å². The summed E-state index contributed by atoms with van der Waals surface area (Å²) in [6, 6.07) is 3.06. The molecule has 0 spiro atoms. The first-order valence-corrected chi connectivity index (χ1v) is 7.23. The zero-order valence-corrected chi connectivity index (χ0v) is 11.9. The molecule has 20 heavy (non-hydrogen) atoms. The number of nitrogens with two attached hydrogens (primary N) is 1. The van der Waals surface area contributed by atoms with E-state index in [4.69, 9.17) is 22.4 Å². The van der Waals surface area contributed by atoms with Gasteiger partial charge in [0, 0.05) is 30.9 Å². The van der Waals surface area contributed by atoms with Crippen LogP contribution in [-0.2, 0) is 4.79 Å². The number of aliphatic hydroxyl groups is 1. The molecule has 0 aromatic heterocycles. The van der Waals surface area contributed by atoms with E-state index in [0.717, 1.165) is 42.9 Å². The second-order valence-corrected chi connectivity index (χ2v) is 5.88. The minimum Gasteiger partial charge on any atom is -0.396 e. The summed E-state index contributed by atoms with van der Waals surface area (Å²) >= 11 is 6.34. The van der Waals surface area contributed by atoms with E-state index in [2.05, 4.69) is 10.2 Å². The highest BCUT2D eigenvalue weighted by Crippen LogP contribution is 2.39. The summed E-state index contributed by atoms with van der Waals surface area (Å²) in [4.78, 5) is 13.8. The van der Waals surface area contributed by atoms with Crippen LogP contribution in [0.2, 0.25) is 5.02 Å². The Morgan fingerprint density at radius 3 is 3.05 bits per heavy atom. The highest BCUT2D eigenvalue weighted by Gasteiger charge is 2.30. The topological polar surface area (TPSA) is 78.6 Å². The van der Waals surface area contributed by atoms with Crippen LogP contribution in [0.1, 0.15) is 24.4 Å². The Labute approximate surface area is 122 Å². The van der Waals surface area contributed by atoms with Gasteiger partial charge in [-0.05, 0) is 30.9 Å². The number of halogens is 1. The Bertz CT molecular complexity index is 549. The molecule has 1 fully saturated rings. The number of amides is 1. The third-order valence-electron chi connectivity index (χ3n) is 4.16. The van der Waals surface area contributed by atoms with Crippen LogP contribution in [0.15, 0.2) is 12.1 Å². The lowest BCUT2D eigenvalue weighted by Crippen LogP contribution is -2.20. The molecule has 2 atom stereocenters. The lowest BCUT2D eigenvalue weighted by Gasteiger charge is -2.21. The van der Waals surface area contributed by atoms with Gasteiger partial charge in [0.25, 0.3) is 0 Å². The largest absolute Gasteiger partial charge is 0.396 e. The van der Waals surface area contributed by atoms with Gasteiger partial charge in [0.05, 0.1) is 10.7 Å². The lowest BCUT2D eigenvalue weighted by atomic mass is 10.1. The fraction of sp³-hybridized carbons (Fsp3) is 0.500. The zero-order valence-electron chi connectivity index (χ0n) is 11.1. The molecular formula is C14H18ClN3O2. The number of aliphatic hydroxyl groups excluding tert-OH is 1. The molecule has 4 N–H and O–H groups in total. The van der Waals surface area contributed by atoms with Gasteiger partial charge in [-0.25, -0.2) is 0 Å². The summed E-state index contributed by atoms with van der Waals surface area (Å²) in [7, 11) is 0. The van der Waals surface area contributed by atoms with E-state index in [-0.39, 0.29) is 12.5 Å². The van der Waals surface area contributed by atoms with Crippen molar-refractivity contribution < 1.29 is 9.90 Å². The van der Waals surface area contributed by atoms with E-state index in [1.807, 2.05) is 6.07 Å². The summed E-state index contributed by atoms with van der Waals surface area (Å²) < 4.78 is 0. The lowest BCUT2D eigenvalue weighted by molar-refractivity contribution is -0.116. The van der Waals surface area contributed by atoms with Crippen molar-refractivity contribution in [2.45, 2.75) is 18.9 Å². The molecular weight excluding hydrogens is 278 g/mol. The fourth-order valence-electron chi connectivity index (χ4n) is 3.01. The average Bonchev–Trinajstić information content (AvgIpc) is 2.97. The number of hydrogen-bond donors (Lipinski definition) is 3. The molecule has 2 heterocycles. The van der Waals surface area contributed by atoms with Gasteiger partial charge in [0.2, 0.25) is 5.91 Å². The fourth-order valence-corrected chi connectivity index (χ4v) is 3.30. The highest BCUT2D eigenvalue weighted by atomic mass is 35.5. The van der Waals surface area contributed by atoms with Crippen molar-refractivity contribution in [1.82, 2.24) is 0 Å². The van der Waals surface area contributed by atoms with Gasteiger partial charge < -0.3 is 21.1 Å². The van der Waals surface area contributed by atoms with Gasteiger partial charge in [0.15, 0.2) is 0 Å². The predicted molar refractivity (Wildman–Crippen MR) is 79.0 cm³/mol. The molecule has 0 bridgehead atoms. The third kappa shape index (κ3) is 2.26. The monoisotopic (exact) mass is 295 g/mol. The predicted octanol–water partition coefficient (Wildman–Crippen LogP) is 1.50. The van der Waals surface area contributed by atoms with E-state index in [0.29, 0.717) is 10.9 Å². The van der Waals surface area contributed by atoms with Crippen molar-refractivity contribution in [3.63, 3.8) is 0 Å². The maximum atomic E-state index is 11.6. The van der Waals surface area contributed by atoms with Gasteiger partial charge in [-0.1, -0.05) is 11.6 Å². The molecule has 1 amide bonds. The first-order chi connectivity index (χ1) is 9.60. The second kappa shape index (κ2) is 5.24. The normalized spacial score (nSPS) is 24.9. The van der Waals surface area contributed by atoms with E-state index in [9.17, 15) is 4.79 Å². The number of nitrogens with zero attached hydrogens (tertiary/aromatic N) is 1. The molecule has 3 rings (SSSR count). The maximum Gasteiger partial charge on any atom is 0.245 e. The van der Waals surface area contributed by atoms with Crippen LogP contribution in [-0.4, -0.2) is 30.7 Å². The average molecular weight is 296 g/mol. The van der Waals surface area contributed by atoms with Crippen LogP contribution in [0.5, 0.6) is 0 Å². The number of benzene rings is 1. The second-order valence-electron chi connectivity index (χ2n) is 5.47. The molecule has 2 aliphatic heterocycles. The van der Waals surface area contributed by atoms with Crippen LogP contribution in [0.4, 0.5) is 11.4 Å². The zero-order chi connectivity index (χ0) is 14.3. The Hall–Kier alpha value is -1.30. The van der Waals surface area contributed by atoms with Crippen molar-refractivity contribution >= 4 is 28.9 Å². The smallest absolute Gasteiger partial charge is 0.245 e. The van der Waals surface area contributed by atoms with Gasteiger partial charge in [-0.15, -0.1) is 0 Å². The van der Waals surface area contributed by atoms with Gasteiger partial charge in [-0.3, -0.25) is 4.79 Å². The van der Waals surface area contributed by atoms with Gasteiger partial charge >= 0.3 is 0 Å². The van der Waals surface area contributed by atoms with Crippen LogP contribution < -0.4 is 16.0 Å². The maximum absolute atomic E-state index is 11.6. The first kappa shape index (κ1) is 13.7. The molecule has 2 aliphatic rings. The number of rotatable bonds is 3. The SMILES string of the molecule is NC1C(=O)Nc2cc(N3CCC(CCO)C3)c(Cl)cc21. The molecule has 1 aromatic rings. The number of carbonyl (C=O) groups excluding carboxylic acids is 1. The first-order valence-electron chi connectivity index (χ1n) is 6.86. The Balaban J connectivity index is 1.86. The Kier molecular flexibility index (Phi) is 3.58. The van der Waals surface area contributed by atoms with E-state index in [1.54, 1.807) is 6.07 Å². The Morgan fingerprint density at radius 2 is 2.30 bits per heavy atom. The number of carbonyl (C=O) groups is 1. The van der Waals surface area contributed by atoms with Crippen LogP contribution >= 0.6 is 11.6 Å². The molecule has 0 saturated carbocycles. The van der Waals surface area contributed by atoms with Crippen molar-refractivity contribution in [2.75, 3.05) is 29.9 Å². The number of fused-ring (bicyclic) bond motifs is 1. The molecule has 0 radical (unpaired) electrons. The minimum atomic E-state index is -0.628. The van der Waals surface area contributed by atoms with E-state index < -0.39 is 6.04 Å². The number of anilines is 2. The highest BCUT2D eigenvalue weighted by molar-refractivity contribution is 6.33. The Morgan fingerprint density at radius 1 is 1.50 bits per heavy atom. The number of hydrogen-bond acceptors (Lipinski definition) is 4. The van der Waals surface area contributed by atoms with Crippen molar-refractivity contribution in [1.29, 1.82) is 0 Å². The molecule has 0 aliphatic carbocycles. The van der Waals surface area contributed by atoms with Crippen LogP contribution in [0.3, 0.4) is 0 Å². The summed E-state index contributed by atoms with van der Waals surface area (Å²) in [5.74, 6) is 0.314. The van der Waals surface area contributed by atoms with Crippen LogP contribution in [0.25, 0.3) is 0 Å². The number of nitrogens with one attached hydrogen (secondary N) is 1. The van der Waals surface area contributed by atoms with E-state index >= 15 is 0 Å².